The smallest absolute Gasteiger partial charge is 0.326 e. The van der Waals surface area contributed by atoms with Gasteiger partial charge in [0.2, 0.25) is 5.91 Å². The lowest BCUT2D eigenvalue weighted by Crippen LogP contribution is -2.45. The first-order valence-electron chi connectivity index (χ1n) is 6.31. The first kappa shape index (κ1) is 13.5. The number of carbonyl (C=O) groups is 2. The maximum atomic E-state index is 11.9. The van der Waals surface area contributed by atoms with Gasteiger partial charge in [-0.25, -0.2) is 4.79 Å². The molecule has 2 atom stereocenters. The lowest BCUT2D eigenvalue weighted by Gasteiger charge is -2.16. The van der Waals surface area contributed by atoms with E-state index in [1.807, 2.05) is 30.3 Å². The summed E-state index contributed by atoms with van der Waals surface area (Å²) >= 11 is 0. The maximum absolute atomic E-state index is 11.9. The number of hydrogen-bond acceptors (Lipinski definition) is 3. The molecule has 1 saturated heterocycles. The molecule has 19 heavy (non-hydrogen) atoms. The van der Waals surface area contributed by atoms with E-state index in [0.29, 0.717) is 19.6 Å². The Balaban J connectivity index is 1.96. The number of amides is 1. The quantitative estimate of drug-likeness (QED) is 0.825. The first-order chi connectivity index (χ1) is 9.16. The van der Waals surface area contributed by atoms with Gasteiger partial charge >= 0.3 is 5.97 Å². The van der Waals surface area contributed by atoms with E-state index in [-0.39, 0.29) is 18.2 Å². The Morgan fingerprint density at radius 2 is 2.11 bits per heavy atom. The van der Waals surface area contributed by atoms with Crippen molar-refractivity contribution in [1.29, 1.82) is 0 Å². The molecule has 5 nitrogen and oxygen atoms in total. The predicted molar refractivity (Wildman–Crippen MR) is 68.6 cm³/mol. The number of aliphatic carboxylic acids is 1. The largest absolute Gasteiger partial charge is 0.480 e. The molecular weight excluding hydrogens is 246 g/mol. The zero-order valence-corrected chi connectivity index (χ0v) is 10.5. The number of carboxylic acids is 1. The van der Waals surface area contributed by atoms with E-state index < -0.39 is 12.0 Å². The third-order valence-corrected chi connectivity index (χ3v) is 3.20. The van der Waals surface area contributed by atoms with E-state index in [1.165, 1.54) is 0 Å². The maximum Gasteiger partial charge on any atom is 0.326 e. The summed E-state index contributed by atoms with van der Waals surface area (Å²) < 4.78 is 5.13. The average molecular weight is 263 g/mol. The number of nitrogens with one attached hydrogen (secondary N) is 1. The van der Waals surface area contributed by atoms with Crippen molar-refractivity contribution in [3.63, 3.8) is 0 Å². The molecule has 1 aliphatic rings. The molecule has 2 rings (SSSR count). The van der Waals surface area contributed by atoms with Crippen molar-refractivity contribution in [3.05, 3.63) is 35.9 Å². The fourth-order valence-electron chi connectivity index (χ4n) is 2.08. The highest BCUT2D eigenvalue weighted by molar-refractivity contribution is 5.85. The van der Waals surface area contributed by atoms with Crippen LogP contribution in [0.1, 0.15) is 12.0 Å². The van der Waals surface area contributed by atoms with Crippen LogP contribution in [0.4, 0.5) is 0 Å². The normalized spacial score (nSPS) is 19.9. The van der Waals surface area contributed by atoms with Crippen molar-refractivity contribution in [1.82, 2.24) is 5.32 Å². The van der Waals surface area contributed by atoms with Crippen molar-refractivity contribution in [2.75, 3.05) is 13.2 Å². The van der Waals surface area contributed by atoms with Crippen LogP contribution in [0.15, 0.2) is 30.3 Å². The highest BCUT2D eigenvalue weighted by Crippen LogP contribution is 2.13. The van der Waals surface area contributed by atoms with Gasteiger partial charge in [0.25, 0.3) is 0 Å². The number of hydrogen-bond donors (Lipinski definition) is 2. The minimum Gasteiger partial charge on any atom is -0.480 e. The molecular formula is C14H17NO4. The molecule has 0 bridgehead atoms. The Bertz CT molecular complexity index is 440. The molecule has 0 spiro atoms. The molecule has 0 saturated carbocycles. The molecule has 1 unspecified atom stereocenters. The molecule has 1 fully saturated rings. The summed E-state index contributed by atoms with van der Waals surface area (Å²) in [6.45, 7) is 0.942. The van der Waals surface area contributed by atoms with E-state index >= 15 is 0 Å². The monoisotopic (exact) mass is 263 g/mol. The molecule has 1 aromatic carbocycles. The second kappa shape index (κ2) is 6.33. The fourth-order valence-corrected chi connectivity index (χ4v) is 2.08. The van der Waals surface area contributed by atoms with Crippen LogP contribution < -0.4 is 5.32 Å². The zero-order valence-electron chi connectivity index (χ0n) is 10.5. The van der Waals surface area contributed by atoms with Crippen LogP contribution in [-0.2, 0) is 20.7 Å². The Kier molecular flexibility index (Phi) is 4.52. The van der Waals surface area contributed by atoms with Gasteiger partial charge in [0.1, 0.15) is 6.04 Å². The third-order valence-electron chi connectivity index (χ3n) is 3.20. The molecule has 1 amide bonds. The Labute approximate surface area is 111 Å². The molecule has 1 heterocycles. The van der Waals surface area contributed by atoms with E-state index in [2.05, 4.69) is 5.32 Å². The van der Waals surface area contributed by atoms with Crippen molar-refractivity contribution < 1.29 is 19.4 Å². The molecule has 102 valence electrons. The van der Waals surface area contributed by atoms with Gasteiger partial charge < -0.3 is 15.2 Å². The number of benzene rings is 1. The van der Waals surface area contributed by atoms with Crippen LogP contribution >= 0.6 is 0 Å². The SMILES string of the molecule is O=C(N[C@@H](Cc1ccccc1)C(=O)O)C1CCOC1. The summed E-state index contributed by atoms with van der Waals surface area (Å²) in [5, 5.41) is 11.8. The minimum atomic E-state index is -1.02. The van der Waals surface area contributed by atoms with E-state index in [1.54, 1.807) is 0 Å². The topological polar surface area (TPSA) is 75.6 Å². The lowest BCUT2D eigenvalue weighted by molar-refractivity contribution is -0.142. The van der Waals surface area contributed by atoms with Crippen molar-refractivity contribution in [3.8, 4) is 0 Å². The van der Waals surface area contributed by atoms with Crippen LogP contribution in [0.25, 0.3) is 0 Å². The van der Waals surface area contributed by atoms with Gasteiger partial charge in [0.15, 0.2) is 0 Å². The molecule has 0 aromatic heterocycles. The Morgan fingerprint density at radius 1 is 1.37 bits per heavy atom. The van der Waals surface area contributed by atoms with Crippen molar-refractivity contribution in [2.45, 2.75) is 18.9 Å². The number of rotatable bonds is 5. The summed E-state index contributed by atoms with van der Waals surface area (Å²) in [4.78, 5) is 23.1. The zero-order chi connectivity index (χ0) is 13.7. The molecule has 0 aliphatic carbocycles. The highest BCUT2D eigenvalue weighted by Gasteiger charge is 2.28. The third kappa shape index (κ3) is 3.79. The van der Waals surface area contributed by atoms with Crippen LogP contribution in [0.3, 0.4) is 0 Å². The highest BCUT2D eigenvalue weighted by atomic mass is 16.5. The van der Waals surface area contributed by atoms with Gasteiger partial charge in [-0.05, 0) is 12.0 Å². The van der Waals surface area contributed by atoms with Gasteiger partial charge in [0.05, 0.1) is 12.5 Å². The summed E-state index contributed by atoms with van der Waals surface area (Å²) in [7, 11) is 0. The second-order valence-electron chi connectivity index (χ2n) is 4.65. The number of carbonyl (C=O) groups excluding carboxylic acids is 1. The van der Waals surface area contributed by atoms with Crippen LogP contribution in [0.5, 0.6) is 0 Å². The number of carboxylic acid groups (broad SMARTS) is 1. The number of ether oxygens (including phenoxy) is 1. The molecule has 5 heteroatoms. The standard InChI is InChI=1S/C14H17NO4/c16-13(11-6-7-19-9-11)15-12(14(17)18)8-10-4-2-1-3-5-10/h1-5,11-12H,6-9H2,(H,15,16)(H,17,18)/t11?,12-/m0/s1. The summed E-state index contributed by atoms with van der Waals surface area (Å²) in [6.07, 6.45) is 0.943. The molecule has 1 aromatic rings. The molecule has 2 N–H and O–H groups in total. The summed E-state index contributed by atoms with van der Waals surface area (Å²) in [6, 6.07) is 8.37. The van der Waals surface area contributed by atoms with Crippen molar-refractivity contribution in [2.24, 2.45) is 5.92 Å². The van der Waals surface area contributed by atoms with E-state index in [9.17, 15) is 14.7 Å². The van der Waals surface area contributed by atoms with Crippen molar-refractivity contribution >= 4 is 11.9 Å². The van der Waals surface area contributed by atoms with Crippen LogP contribution in [-0.4, -0.2) is 36.2 Å². The summed E-state index contributed by atoms with van der Waals surface area (Å²) in [5.74, 6) is -1.48. The minimum absolute atomic E-state index is 0.224. The van der Waals surface area contributed by atoms with Gasteiger partial charge in [-0.15, -0.1) is 0 Å². The predicted octanol–water partition coefficient (Wildman–Crippen LogP) is 0.835. The van der Waals surface area contributed by atoms with E-state index in [0.717, 1.165) is 5.56 Å². The second-order valence-corrected chi connectivity index (χ2v) is 4.65. The van der Waals surface area contributed by atoms with Gasteiger partial charge in [0, 0.05) is 13.0 Å². The Hall–Kier alpha value is -1.88. The Morgan fingerprint density at radius 3 is 2.68 bits per heavy atom. The van der Waals surface area contributed by atoms with Crippen LogP contribution in [0, 0.1) is 5.92 Å². The van der Waals surface area contributed by atoms with Gasteiger partial charge in [-0.3, -0.25) is 4.79 Å². The average Bonchev–Trinajstić information content (AvgIpc) is 2.93. The van der Waals surface area contributed by atoms with Gasteiger partial charge in [-0.2, -0.15) is 0 Å². The first-order valence-corrected chi connectivity index (χ1v) is 6.31. The molecule has 1 aliphatic heterocycles. The van der Waals surface area contributed by atoms with Gasteiger partial charge in [-0.1, -0.05) is 30.3 Å². The fraction of sp³-hybridized carbons (Fsp3) is 0.429. The van der Waals surface area contributed by atoms with E-state index in [4.69, 9.17) is 4.74 Å². The molecule has 0 radical (unpaired) electrons. The lowest BCUT2D eigenvalue weighted by atomic mass is 10.0. The summed E-state index contributed by atoms with van der Waals surface area (Å²) in [5.41, 5.74) is 0.887. The van der Waals surface area contributed by atoms with Crippen LogP contribution in [0.2, 0.25) is 0 Å².